The zero-order valence-corrected chi connectivity index (χ0v) is 10.7. The lowest BCUT2D eigenvalue weighted by Gasteiger charge is -2.15. The smallest absolute Gasteiger partial charge is 0.274 e. The number of fused-ring (bicyclic) bond motifs is 1. The third-order valence-electron chi connectivity index (χ3n) is 2.98. The molecular weight excluding hydrogens is 228 g/mol. The molecule has 0 radical (unpaired) electrons. The van der Waals surface area contributed by atoms with Crippen LogP contribution in [0.5, 0.6) is 0 Å². The van der Waals surface area contributed by atoms with Crippen molar-refractivity contribution in [3.8, 4) is 0 Å². The Morgan fingerprint density at radius 1 is 1.50 bits per heavy atom. The number of hydrogen-bond donors (Lipinski definition) is 2. The molecule has 0 fully saturated rings. The summed E-state index contributed by atoms with van der Waals surface area (Å²) < 4.78 is 0. The fourth-order valence-electron chi connectivity index (χ4n) is 1.87. The van der Waals surface area contributed by atoms with E-state index < -0.39 is 0 Å². The Kier molecular flexibility index (Phi) is 3.50. The summed E-state index contributed by atoms with van der Waals surface area (Å²) in [5, 5.41) is 7.73. The van der Waals surface area contributed by atoms with Crippen molar-refractivity contribution >= 4 is 22.5 Å². The van der Waals surface area contributed by atoms with Crippen molar-refractivity contribution in [2.45, 2.75) is 19.8 Å². The second-order valence-electron chi connectivity index (χ2n) is 4.46. The standard InChI is InChI=1S/C13H18N4O/c1-3-4-7-17(2)13(18)12-10-8-9(14)5-6-11(10)15-16-12/h5-6,8H,3-4,7,14H2,1-2H3,(H,15,16). The molecule has 0 atom stereocenters. The van der Waals surface area contributed by atoms with Gasteiger partial charge in [0, 0.05) is 24.7 Å². The van der Waals surface area contributed by atoms with Crippen LogP contribution in [0.3, 0.4) is 0 Å². The predicted molar refractivity (Wildman–Crippen MR) is 72.4 cm³/mol. The third kappa shape index (κ3) is 2.30. The van der Waals surface area contributed by atoms with E-state index in [0.717, 1.165) is 30.3 Å². The van der Waals surface area contributed by atoms with Crippen molar-refractivity contribution in [3.63, 3.8) is 0 Å². The maximum Gasteiger partial charge on any atom is 0.274 e. The van der Waals surface area contributed by atoms with Gasteiger partial charge in [0.1, 0.15) is 0 Å². The second-order valence-corrected chi connectivity index (χ2v) is 4.46. The Hall–Kier alpha value is -2.04. The summed E-state index contributed by atoms with van der Waals surface area (Å²) in [5.41, 5.74) is 7.65. The van der Waals surface area contributed by atoms with Crippen molar-refractivity contribution < 1.29 is 4.79 Å². The van der Waals surface area contributed by atoms with Crippen LogP contribution in [0.25, 0.3) is 10.9 Å². The van der Waals surface area contributed by atoms with E-state index in [1.165, 1.54) is 0 Å². The lowest BCUT2D eigenvalue weighted by Crippen LogP contribution is -2.28. The van der Waals surface area contributed by atoms with Gasteiger partial charge in [-0.3, -0.25) is 9.89 Å². The monoisotopic (exact) mass is 246 g/mol. The summed E-state index contributed by atoms with van der Waals surface area (Å²) in [4.78, 5) is 13.9. The quantitative estimate of drug-likeness (QED) is 0.810. The molecule has 0 aliphatic heterocycles. The maximum atomic E-state index is 12.2. The van der Waals surface area contributed by atoms with Gasteiger partial charge >= 0.3 is 0 Å². The number of H-pyrrole nitrogens is 1. The Labute approximate surface area is 106 Å². The van der Waals surface area contributed by atoms with Gasteiger partial charge in [0.2, 0.25) is 0 Å². The van der Waals surface area contributed by atoms with Gasteiger partial charge in [-0.25, -0.2) is 0 Å². The average Bonchev–Trinajstić information content (AvgIpc) is 2.77. The number of amides is 1. The number of nitrogen functional groups attached to an aromatic ring is 1. The molecule has 0 aliphatic carbocycles. The van der Waals surface area contributed by atoms with E-state index in [0.29, 0.717) is 11.4 Å². The van der Waals surface area contributed by atoms with Crippen LogP contribution in [0.4, 0.5) is 5.69 Å². The van der Waals surface area contributed by atoms with Crippen LogP contribution in [-0.2, 0) is 0 Å². The minimum atomic E-state index is -0.0692. The van der Waals surface area contributed by atoms with Crippen LogP contribution in [0.1, 0.15) is 30.3 Å². The number of aromatic amines is 1. The van der Waals surface area contributed by atoms with E-state index in [1.54, 1.807) is 24.1 Å². The minimum absolute atomic E-state index is 0.0692. The molecule has 1 amide bonds. The largest absolute Gasteiger partial charge is 0.399 e. The van der Waals surface area contributed by atoms with Crippen LogP contribution in [-0.4, -0.2) is 34.6 Å². The van der Waals surface area contributed by atoms with Crippen LogP contribution >= 0.6 is 0 Å². The Morgan fingerprint density at radius 3 is 3.00 bits per heavy atom. The minimum Gasteiger partial charge on any atom is -0.399 e. The number of aromatic nitrogens is 2. The van der Waals surface area contributed by atoms with Crippen LogP contribution in [0.2, 0.25) is 0 Å². The molecule has 1 heterocycles. The Bertz CT molecular complexity index is 561. The highest BCUT2D eigenvalue weighted by molar-refractivity contribution is 6.05. The summed E-state index contributed by atoms with van der Waals surface area (Å²) in [6.45, 7) is 2.84. The highest BCUT2D eigenvalue weighted by Crippen LogP contribution is 2.19. The molecule has 0 saturated heterocycles. The highest BCUT2D eigenvalue weighted by atomic mass is 16.2. The first-order valence-electron chi connectivity index (χ1n) is 6.12. The maximum absolute atomic E-state index is 12.2. The molecule has 0 aliphatic rings. The molecule has 2 rings (SSSR count). The van der Waals surface area contributed by atoms with Crippen molar-refractivity contribution in [1.82, 2.24) is 15.1 Å². The van der Waals surface area contributed by atoms with Gasteiger partial charge in [-0.15, -0.1) is 0 Å². The summed E-state index contributed by atoms with van der Waals surface area (Å²) in [5.74, 6) is -0.0692. The fourth-order valence-corrected chi connectivity index (χ4v) is 1.87. The number of nitrogens with zero attached hydrogens (tertiary/aromatic N) is 2. The lowest BCUT2D eigenvalue weighted by molar-refractivity contribution is 0.0789. The predicted octanol–water partition coefficient (Wildman–Crippen LogP) is 2.02. The fraction of sp³-hybridized carbons (Fsp3) is 0.385. The molecular formula is C13H18N4O. The van der Waals surface area contributed by atoms with Gasteiger partial charge < -0.3 is 10.6 Å². The van der Waals surface area contributed by atoms with Gasteiger partial charge in [-0.1, -0.05) is 13.3 Å². The number of hydrogen-bond acceptors (Lipinski definition) is 3. The molecule has 5 heteroatoms. The Balaban J connectivity index is 2.30. The van der Waals surface area contributed by atoms with Crippen molar-refractivity contribution in [2.75, 3.05) is 19.3 Å². The number of nitrogens with one attached hydrogen (secondary N) is 1. The van der Waals surface area contributed by atoms with Gasteiger partial charge in [-0.2, -0.15) is 5.10 Å². The third-order valence-corrected chi connectivity index (χ3v) is 2.98. The molecule has 5 nitrogen and oxygen atoms in total. The van der Waals surface area contributed by atoms with E-state index in [9.17, 15) is 4.79 Å². The summed E-state index contributed by atoms with van der Waals surface area (Å²) in [7, 11) is 1.80. The molecule has 0 unspecified atom stereocenters. The molecule has 1 aromatic heterocycles. The van der Waals surface area contributed by atoms with Gasteiger partial charge in [0.25, 0.3) is 5.91 Å². The summed E-state index contributed by atoms with van der Waals surface area (Å²) in [6, 6.07) is 5.40. The van der Waals surface area contributed by atoms with E-state index in [1.807, 2.05) is 6.07 Å². The van der Waals surface area contributed by atoms with E-state index in [-0.39, 0.29) is 5.91 Å². The Morgan fingerprint density at radius 2 is 2.28 bits per heavy atom. The van der Waals surface area contributed by atoms with Crippen LogP contribution in [0.15, 0.2) is 18.2 Å². The van der Waals surface area contributed by atoms with Gasteiger partial charge in [-0.05, 0) is 24.6 Å². The van der Waals surface area contributed by atoms with Crippen LogP contribution in [0, 0.1) is 0 Å². The summed E-state index contributed by atoms with van der Waals surface area (Å²) >= 11 is 0. The molecule has 2 aromatic rings. The lowest BCUT2D eigenvalue weighted by atomic mass is 10.1. The SMILES string of the molecule is CCCCN(C)C(=O)c1n[nH]c2ccc(N)cc12. The van der Waals surface area contributed by atoms with Gasteiger partial charge in [0.15, 0.2) is 5.69 Å². The van der Waals surface area contributed by atoms with Crippen molar-refractivity contribution in [2.24, 2.45) is 0 Å². The zero-order chi connectivity index (χ0) is 13.1. The van der Waals surface area contributed by atoms with E-state index in [4.69, 9.17) is 5.73 Å². The first-order chi connectivity index (χ1) is 8.63. The first-order valence-corrected chi connectivity index (χ1v) is 6.12. The van der Waals surface area contributed by atoms with Crippen molar-refractivity contribution in [3.05, 3.63) is 23.9 Å². The molecule has 1 aromatic carbocycles. The number of anilines is 1. The molecule has 0 bridgehead atoms. The van der Waals surface area contributed by atoms with E-state index in [2.05, 4.69) is 17.1 Å². The number of carbonyl (C=O) groups excluding carboxylic acids is 1. The van der Waals surface area contributed by atoms with Gasteiger partial charge in [0.05, 0.1) is 5.52 Å². The number of nitrogens with two attached hydrogens (primary N) is 1. The van der Waals surface area contributed by atoms with E-state index >= 15 is 0 Å². The number of carbonyl (C=O) groups is 1. The second kappa shape index (κ2) is 5.08. The van der Waals surface area contributed by atoms with Crippen LogP contribution < -0.4 is 5.73 Å². The number of unbranched alkanes of at least 4 members (excludes halogenated alkanes) is 1. The highest BCUT2D eigenvalue weighted by Gasteiger charge is 2.17. The molecule has 3 N–H and O–H groups in total. The molecule has 18 heavy (non-hydrogen) atoms. The average molecular weight is 246 g/mol. The molecule has 96 valence electrons. The molecule has 0 saturated carbocycles. The number of rotatable bonds is 4. The zero-order valence-electron chi connectivity index (χ0n) is 10.7. The number of benzene rings is 1. The molecule has 0 spiro atoms. The topological polar surface area (TPSA) is 75.0 Å². The summed E-state index contributed by atoms with van der Waals surface area (Å²) in [6.07, 6.45) is 2.05. The first kappa shape index (κ1) is 12.4. The van der Waals surface area contributed by atoms with Crippen molar-refractivity contribution in [1.29, 1.82) is 0 Å². The normalized spacial score (nSPS) is 10.8.